The van der Waals surface area contributed by atoms with E-state index in [1.54, 1.807) is 41.5 Å². The van der Waals surface area contributed by atoms with Crippen LogP contribution in [0.15, 0.2) is 24.3 Å². The van der Waals surface area contributed by atoms with Crippen molar-refractivity contribution in [3.63, 3.8) is 0 Å². The Hall–Kier alpha value is -3.23. The fraction of sp³-hybridized carbons (Fsp3) is 0.706. The molecule has 0 bridgehead atoms. The Labute approximate surface area is 285 Å². The minimum atomic E-state index is -3.52. The number of fused-ring (bicyclic) bond motifs is 1. The lowest BCUT2D eigenvalue weighted by Gasteiger charge is -2.31. The molecule has 0 spiro atoms. The van der Waals surface area contributed by atoms with Gasteiger partial charge in [-0.3, -0.25) is 14.4 Å². The first kappa shape index (κ1) is 40.9. The summed E-state index contributed by atoms with van der Waals surface area (Å²) < 4.78 is 29.3. The molecule has 1 aliphatic carbocycles. The van der Waals surface area contributed by atoms with E-state index in [0.29, 0.717) is 12.8 Å². The molecule has 1 aromatic rings. The van der Waals surface area contributed by atoms with Crippen molar-refractivity contribution in [1.29, 1.82) is 0 Å². The van der Waals surface area contributed by atoms with Crippen molar-refractivity contribution in [2.24, 2.45) is 17.8 Å². The molecule has 1 unspecified atom stereocenters. The molecule has 7 atom stereocenters. The molecule has 0 aromatic heterocycles. The first-order chi connectivity index (χ1) is 22.1. The van der Waals surface area contributed by atoms with Crippen LogP contribution >= 0.6 is 0 Å². The molecule has 0 heterocycles. The first-order valence-electron chi connectivity index (χ1n) is 16.6. The van der Waals surface area contributed by atoms with E-state index in [-0.39, 0.29) is 24.7 Å². The van der Waals surface area contributed by atoms with Crippen molar-refractivity contribution >= 4 is 33.7 Å². The van der Waals surface area contributed by atoms with Crippen LogP contribution in [0.25, 0.3) is 0 Å². The Balaban J connectivity index is 2.18. The summed E-state index contributed by atoms with van der Waals surface area (Å²) in [4.78, 5) is 52.6. The monoisotopic (exact) mass is 696 g/mol. The maximum absolute atomic E-state index is 13.6. The van der Waals surface area contributed by atoms with Gasteiger partial charge in [0.1, 0.15) is 27.5 Å². The number of alkyl carbamates (subject to hydrolysis) is 1. The van der Waals surface area contributed by atoms with Crippen molar-refractivity contribution in [3.8, 4) is 0 Å². The van der Waals surface area contributed by atoms with Gasteiger partial charge < -0.3 is 36.2 Å². The van der Waals surface area contributed by atoms with Crippen molar-refractivity contribution in [1.82, 2.24) is 21.3 Å². The number of carbonyl (C=O) groups is 4. The Kier molecular flexibility index (Phi) is 14.9. The maximum atomic E-state index is 13.6. The highest BCUT2D eigenvalue weighted by Gasteiger charge is 2.35. The second-order valence-corrected chi connectivity index (χ2v) is 17.0. The number of amides is 4. The van der Waals surface area contributed by atoms with E-state index in [0.717, 1.165) is 17.4 Å². The predicted molar refractivity (Wildman–Crippen MR) is 182 cm³/mol. The van der Waals surface area contributed by atoms with Gasteiger partial charge in [-0.05, 0) is 63.0 Å². The SMILES string of the molecule is CC(C)C[C@H](NC(=O)[C@H](CCS(C)(=O)=O)NC(=O)[C@@H](NC(=O)OC(C)(C)C)C(C)C)[C@@H](O)C[C@@H](C)C(=O)NC1c2ccccc2C[C@H]1O. The molecule has 6 N–H and O–H groups in total. The van der Waals surface area contributed by atoms with Crippen LogP contribution in [0.4, 0.5) is 4.79 Å². The largest absolute Gasteiger partial charge is 0.444 e. The van der Waals surface area contributed by atoms with Crippen LogP contribution in [0.2, 0.25) is 0 Å². The van der Waals surface area contributed by atoms with Crippen molar-refractivity contribution in [2.45, 2.75) is 123 Å². The summed E-state index contributed by atoms with van der Waals surface area (Å²) in [5.41, 5.74) is 0.993. The van der Waals surface area contributed by atoms with E-state index in [9.17, 15) is 37.8 Å². The second kappa shape index (κ2) is 17.4. The third-order valence-electron chi connectivity index (χ3n) is 8.09. The molecule has 0 fully saturated rings. The zero-order chi connectivity index (χ0) is 36.6. The predicted octanol–water partition coefficient (Wildman–Crippen LogP) is 2.15. The second-order valence-electron chi connectivity index (χ2n) is 14.8. The van der Waals surface area contributed by atoms with Crippen LogP contribution in [0.3, 0.4) is 0 Å². The van der Waals surface area contributed by atoms with Crippen LogP contribution in [-0.2, 0) is 35.4 Å². The molecule has 0 radical (unpaired) electrons. The van der Waals surface area contributed by atoms with Crippen LogP contribution in [-0.4, -0.2) is 90.4 Å². The number of hydrogen-bond acceptors (Lipinski definition) is 9. The number of hydrogen-bond donors (Lipinski definition) is 6. The normalized spacial score (nSPS) is 19.4. The highest BCUT2D eigenvalue weighted by atomic mass is 32.2. The minimum absolute atomic E-state index is 0.0104. The fourth-order valence-corrected chi connectivity index (χ4v) is 6.28. The van der Waals surface area contributed by atoms with E-state index < -0.39 is 87.3 Å². The molecule has 1 aromatic carbocycles. The fourth-order valence-electron chi connectivity index (χ4n) is 5.61. The van der Waals surface area contributed by atoms with Crippen molar-refractivity contribution in [2.75, 3.05) is 12.0 Å². The van der Waals surface area contributed by atoms with Gasteiger partial charge in [-0.1, -0.05) is 58.9 Å². The molecule has 14 heteroatoms. The third-order valence-corrected chi connectivity index (χ3v) is 9.07. The van der Waals surface area contributed by atoms with Gasteiger partial charge in [0.2, 0.25) is 17.7 Å². The van der Waals surface area contributed by atoms with Gasteiger partial charge in [-0.25, -0.2) is 13.2 Å². The smallest absolute Gasteiger partial charge is 0.408 e. The summed E-state index contributed by atoms with van der Waals surface area (Å²) >= 11 is 0. The number of carbonyl (C=O) groups excluding carboxylic acids is 4. The maximum Gasteiger partial charge on any atom is 0.408 e. The van der Waals surface area contributed by atoms with Crippen LogP contribution in [0, 0.1) is 17.8 Å². The Morgan fingerprint density at radius 1 is 0.938 bits per heavy atom. The van der Waals surface area contributed by atoms with Crippen LogP contribution in [0.5, 0.6) is 0 Å². The molecule has 1 aliphatic rings. The van der Waals surface area contributed by atoms with Gasteiger partial charge in [-0.2, -0.15) is 0 Å². The topological polar surface area (TPSA) is 200 Å². The molecule has 0 saturated carbocycles. The van der Waals surface area contributed by atoms with Crippen molar-refractivity contribution in [3.05, 3.63) is 35.4 Å². The number of aliphatic hydroxyl groups is 2. The lowest BCUT2D eigenvalue weighted by Crippen LogP contribution is -2.58. The van der Waals surface area contributed by atoms with Crippen LogP contribution in [0.1, 0.15) is 91.8 Å². The molecule has 4 amide bonds. The number of nitrogens with one attached hydrogen (secondary N) is 4. The standard InChI is InChI=1S/C34H56N4O9S/c1-19(2)16-25(26(39)17-21(5)30(41)37-29-23-13-11-10-12-22(23)18-27(29)40)36-31(42)24(14-15-48(9,45)46)35-32(43)28(20(3)4)38-33(44)47-34(6,7)8/h10-13,19-21,24-29,39-40H,14-18H2,1-9H3,(H,35,43)(H,36,42)(H,37,41)(H,38,44)/t21-,24+,25+,26+,27-,28+,29?/m1/s1. The van der Waals surface area contributed by atoms with Crippen molar-refractivity contribution < 1.29 is 42.5 Å². The molecular formula is C34H56N4O9S. The van der Waals surface area contributed by atoms with E-state index in [2.05, 4.69) is 21.3 Å². The summed E-state index contributed by atoms with van der Waals surface area (Å²) in [5, 5.41) is 32.6. The highest BCUT2D eigenvalue weighted by molar-refractivity contribution is 7.90. The van der Waals surface area contributed by atoms with Gasteiger partial charge >= 0.3 is 6.09 Å². The number of benzene rings is 1. The summed E-state index contributed by atoms with van der Waals surface area (Å²) in [6, 6.07) is 3.69. The summed E-state index contributed by atoms with van der Waals surface area (Å²) in [6.07, 6.45) is -1.24. The molecule has 0 aliphatic heterocycles. The van der Waals surface area contributed by atoms with Crippen LogP contribution < -0.4 is 21.3 Å². The summed E-state index contributed by atoms with van der Waals surface area (Å²) in [7, 11) is -3.52. The Morgan fingerprint density at radius 2 is 1.56 bits per heavy atom. The lowest BCUT2D eigenvalue weighted by atomic mass is 9.92. The number of rotatable bonds is 16. The molecule has 2 rings (SSSR count). The first-order valence-corrected chi connectivity index (χ1v) is 18.7. The zero-order valence-corrected chi connectivity index (χ0v) is 30.5. The van der Waals surface area contributed by atoms with E-state index in [4.69, 9.17) is 4.74 Å². The van der Waals surface area contributed by atoms with E-state index in [1.165, 1.54) is 0 Å². The number of aliphatic hydroxyl groups excluding tert-OH is 2. The average molecular weight is 697 g/mol. The zero-order valence-electron chi connectivity index (χ0n) is 29.7. The molecule has 0 saturated heterocycles. The lowest BCUT2D eigenvalue weighted by molar-refractivity contribution is -0.131. The molecule has 48 heavy (non-hydrogen) atoms. The minimum Gasteiger partial charge on any atom is -0.444 e. The van der Waals surface area contributed by atoms with Gasteiger partial charge in [0.25, 0.3) is 0 Å². The number of ether oxygens (including phenoxy) is 1. The highest BCUT2D eigenvalue weighted by Crippen LogP contribution is 2.31. The van der Waals surface area contributed by atoms with Gasteiger partial charge in [-0.15, -0.1) is 0 Å². The molecular weight excluding hydrogens is 640 g/mol. The Morgan fingerprint density at radius 3 is 2.12 bits per heavy atom. The van der Waals surface area contributed by atoms with E-state index >= 15 is 0 Å². The number of sulfone groups is 1. The quantitative estimate of drug-likeness (QED) is 0.150. The summed E-state index contributed by atoms with van der Waals surface area (Å²) in [6.45, 7) is 13.9. The average Bonchev–Trinajstić information content (AvgIpc) is 3.25. The van der Waals surface area contributed by atoms with E-state index in [1.807, 2.05) is 38.1 Å². The Bertz CT molecular complexity index is 1380. The van der Waals surface area contributed by atoms with Gasteiger partial charge in [0.15, 0.2) is 0 Å². The summed E-state index contributed by atoms with van der Waals surface area (Å²) in [5.74, 6) is -3.24. The molecule has 13 nitrogen and oxygen atoms in total. The third kappa shape index (κ3) is 13.3. The molecule has 272 valence electrons. The van der Waals surface area contributed by atoms with Gasteiger partial charge in [0.05, 0.1) is 30.0 Å². The van der Waals surface area contributed by atoms with Gasteiger partial charge in [0, 0.05) is 18.6 Å².